The molecule has 0 bridgehead atoms. The zero-order chi connectivity index (χ0) is 30.0. The Morgan fingerprint density at radius 3 is 2.38 bits per heavy atom. The summed E-state index contributed by atoms with van der Waals surface area (Å²) in [6, 6.07) is 19.7. The van der Waals surface area contributed by atoms with Gasteiger partial charge in [-0.2, -0.15) is 0 Å². The summed E-state index contributed by atoms with van der Waals surface area (Å²) in [4.78, 5) is 46.0. The maximum atomic E-state index is 13.1. The van der Waals surface area contributed by atoms with Crippen LogP contribution < -0.4 is 10.6 Å². The Labute approximate surface area is 249 Å². The molecule has 12 heteroatoms. The second-order valence-corrected chi connectivity index (χ2v) is 12.6. The molecule has 2 N–H and O–H groups in total. The van der Waals surface area contributed by atoms with E-state index in [4.69, 9.17) is 9.72 Å². The third-order valence-electron chi connectivity index (χ3n) is 5.94. The van der Waals surface area contributed by atoms with Gasteiger partial charge in [-0.1, -0.05) is 70.7 Å². The summed E-state index contributed by atoms with van der Waals surface area (Å²) in [5.41, 5.74) is 4.01. The van der Waals surface area contributed by atoms with Crippen molar-refractivity contribution in [1.29, 1.82) is 0 Å². The summed E-state index contributed by atoms with van der Waals surface area (Å²) in [7, 11) is 0. The molecule has 2 amide bonds. The van der Waals surface area contributed by atoms with Gasteiger partial charge in [0.1, 0.15) is 5.60 Å². The smallest absolute Gasteiger partial charge is 0.413 e. The van der Waals surface area contributed by atoms with Gasteiger partial charge < -0.3 is 10.1 Å². The van der Waals surface area contributed by atoms with E-state index in [0.717, 1.165) is 21.4 Å². The highest BCUT2D eigenvalue weighted by Gasteiger charge is 2.20. The molecule has 0 aliphatic carbocycles. The van der Waals surface area contributed by atoms with Crippen LogP contribution in [0.3, 0.4) is 0 Å². The Hall–Kier alpha value is -4.68. The van der Waals surface area contributed by atoms with E-state index in [2.05, 4.69) is 15.6 Å². The normalized spacial score (nSPS) is 11.3. The highest BCUT2D eigenvalue weighted by atomic mass is 32.1. The molecule has 10 nitrogen and oxygen atoms in total. The van der Waals surface area contributed by atoms with Crippen LogP contribution in [0.4, 0.5) is 20.7 Å². The topological polar surface area (TPSA) is 136 Å². The quantitative estimate of drug-likeness (QED) is 0.143. The summed E-state index contributed by atoms with van der Waals surface area (Å²) < 4.78 is 6.10. The van der Waals surface area contributed by atoms with E-state index in [1.54, 1.807) is 39.0 Å². The average Bonchev–Trinajstić information content (AvgIpc) is 3.51. The minimum Gasteiger partial charge on any atom is -0.444 e. The molecular formula is C30H27N5O5S2. The predicted octanol–water partition coefficient (Wildman–Crippen LogP) is 7.83. The van der Waals surface area contributed by atoms with Crippen LogP contribution in [0.5, 0.6) is 0 Å². The lowest BCUT2D eigenvalue weighted by atomic mass is 10.1. The molecule has 2 aromatic heterocycles. The third-order valence-corrected chi connectivity index (χ3v) is 7.90. The first-order valence-electron chi connectivity index (χ1n) is 13.0. The zero-order valence-electron chi connectivity index (χ0n) is 23.3. The van der Waals surface area contributed by atoms with E-state index in [-0.39, 0.29) is 18.0 Å². The van der Waals surface area contributed by atoms with Gasteiger partial charge in [-0.05, 0) is 45.4 Å². The standard InChI is InChI=1S/C30H27N5O5S2/c1-17-8-11-19(12-9-17)25-26(20-6-5-7-21(16-20)35(38)39)42-28(33-25)32-24(36)15-18-10-13-22-23(14-18)41-27(31-22)34-29(37)40-30(2,3)4/h5-14,16H,15H2,1-4H3,(H,31,34,37)(H,32,33,36). The van der Waals surface area contributed by atoms with Crippen molar-refractivity contribution in [2.75, 3.05) is 10.6 Å². The molecule has 0 atom stereocenters. The number of nitrogens with one attached hydrogen (secondary N) is 2. The Bertz CT molecular complexity index is 1810. The van der Waals surface area contributed by atoms with Crippen LogP contribution in [0.15, 0.2) is 66.7 Å². The zero-order valence-corrected chi connectivity index (χ0v) is 24.9. The van der Waals surface area contributed by atoms with E-state index in [1.807, 2.05) is 43.3 Å². The molecule has 0 spiro atoms. The number of nitrogens with zero attached hydrogens (tertiary/aromatic N) is 3. The number of aryl methyl sites for hydroxylation is 1. The van der Waals surface area contributed by atoms with Gasteiger partial charge in [-0.25, -0.2) is 14.8 Å². The van der Waals surface area contributed by atoms with Crippen LogP contribution in [0, 0.1) is 17.0 Å². The van der Waals surface area contributed by atoms with Gasteiger partial charge in [0.2, 0.25) is 5.91 Å². The lowest BCUT2D eigenvalue weighted by Crippen LogP contribution is -2.27. The number of carbonyl (C=O) groups excluding carboxylic acids is 2. The molecule has 0 radical (unpaired) electrons. The first kappa shape index (κ1) is 28.8. The molecule has 42 heavy (non-hydrogen) atoms. The molecule has 0 unspecified atom stereocenters. The Kier molecular flexibility index (Phi) is 8.01. The minimum absolute atomic E-state index is 0.0238. The van der Waals surface area contributed by atoms with Gasteiger partial charge in [-0.15, -0.1) is 0 Å². The average molecular weight is 602 g/mol. The number of fused-ring (bicyclic) bond motifs is 1. The number of rotatable bonds is 7. The molecule has 0 aliphatic rings. The second-order valence-electron chi connectivity index (χ2n) is 10.5. The fourth-order valence-corrected chi connectivity index (χ4v) is 6.02. The number of nitro benzene ring substituents is 1. The van der Waals surface area contributed by atoms with Crippen molar-refractivity contribution < 1.29 is 19.2 Å². The molecule has 5 aromatic rings. The van der Waals surface area contributed by atoms with Crippen LogP contribution in [0.25, 0.3) is 31.9 Å². The van der Waals surface area contributed by atoms with Crippen LogP contribution in [-0.4, -0.2) is 32.5 Å². The van der Waals surface area contributed by atoms with Crippen LogP contribution in [0.2, 0.25) is 0 Å². The van der Waals surface area contributed by atoms with E-state index in [1.165, 1.54) is 34.8 Å². The maximum Gasteiger partial charge on any atom is 0.413 e. The van der Waals surface area contributed by atoms with Crippen molar-refractivity contribution in [3.8, 4) is 21.7 Å². The number of thiazole rings is 2. The molecule has 0 saturated carbocycles. The number of non-ortho nitro benzene ring substituents is 1. The summed E-state index contributed by atoms with van der Waals surface area (Å²) in [6.07, 6.45) is -0.493. The Balaban J connectivity index is 1.35. The number of anilines is 2. The third kappa shape index (κ3) is 6.96. The summed E-state index contributed by atoms with van der Waals surface area (Å²) >= 11 is 2.55. The highest BCUT2D eigenvalue weighted by Crippen LogP contribution is 2.40. The molecule has 0 fully saturated rings. The summed E-state index contributed by atoms with van der Waals surface area (Å²) in [6.45, 7) is 7.34. The van der Waals surface area contributed by atoms with E-state index < -0.39 is 16.6 Å². The number of nitro groups is 1. The monoisotopic (exact) mass is 601 g/mol. The predicted molar refractivity (Wildman–Crippen MR) is 166 cm³/mol. The number of aromatic nitrogens is 2. The molecule has 5 rings (SSSR count). The lowest BCUT2D eigenvalue weighted by Gasteiger charge is -2.18. The van der Waals surface area contributed by atoms with Gasteiger partial charge in [0.05, 0.1) is 32.1 Å². The van der Waals surface area contributed by atoms with Crippen molar-refractivity contribution in [3.05, 3.63) is 88.0 Å². The van der Waals surface area contributed by atoms with Crippen molar-refractivity contribution in [1.82, 2.24) is 9.97 Å². The highest BCUT2D eigenvalue weighted by molar-refractivity contribution is 7.22. The fourth-order valence-electron chi connectivity index (χ4n) is 4.11. The van der Waals surface area contributed by atoms with Gasteiger partial charge in [0.15, 0.2) is 10.3 Å². The van der Waals surface area contributed by atoms with Crippen molar-refractivity contribution >= 4 is 60.8 Å². The lowest BCUT2D eigenvalue weighted by molar-refractivity contribution is -0.384. The number of benzene rings is 3. The van der Waals surface area contributed by atoms with Gasteiger partial charge in [0, 0.05) is 23.3 Å². The molecule has 0 aliphatic heterocycles. The number of hydrogen-bond acceptors (Lipinski definition) is 9. The molecule has 3 aromatic carbocycles. The van der Waals surface area contributed by atoms with Gasteiger partial charge in [-0.3, -0.25) is 20.2 Å². The Morgan fingerprint density at radius 2 is 1.67 bits per heavy atom. The first-order valence-corrected chi connectivity index (χ1v) is 14.6. The number of ether oxygens (including phenoxy) is 1. The first-order chi connectivity index (χ1) is 19.9. The molecule has 2 heterocycles. The van der Waals surface area contributed by atoms with Crippen molar-refractivity contribution in [2.24, 2.45) is 0 Å². The van der Waals surface area contributed by atoms with Crippen LogP contribution in [-0.2, 0) is 16.0 Å². The number of amides is 2. The minimum atomic E-state index is -0.626. The summed E-state index contributed by atoms with van der Waals surface area (Å²) in [5, 5.41) is 17.7. The maximum absolute atomic E-state index is 13.1. The largest absolute Gasteiger partial charge is 0.444 e. The van der Waals surface area contributed by atoms with Crippen molar-refractivity contribution in [2.45, 2.75) is 39.7 Å². The van der Waals surface area contributed by atoms with Gasteiger partial charge >= 0.3 is 6.09 Å². The number of hydrogen-bond donors (Lipinski definition) is 2. The van der Waals surface area contributed by atoms with E-state index in [9.17, 15) is 19.7 Å². The van der Waals surface area contributed by atoms with Crippen LogP contribution in [0.1, 0.15) is 31.9 Å². The Morgan fingerprint density at radius 1 is 0.929 bits per heavy atom. The van der Waals surface area contributed by atoms with Crippen LogP contribution >= 0.6 is 22.7 Å². The van der Waals surface area contributed by atoms with E-state index in [0.29, 0.717) is 31.9 Å². The summed E-state index contributed by atoms with van der Waals surface area (Å²) in [5.74, 6) is -0.263. The molecular weight excluding hydrogens is 574 g/mol. The van der Waals surface area contributed by atoms with Crippen molar-refractivity contribution in [3.63, 3.8) is 0 Å². The second kappa shape index (κ2) is 11.7. The van der Waals surface area contributed by atoms with E-state index >= 15 is 0 Å². The number of carbonyl (C=O) groups is 2. The fraction of sp³-hybridized carbons (Fsp3) is 0.200. The molecule has 214 valence electrons. The molecule has 0 saturated heterocycles. The van der Waals surface area contributed by atoms with Gasteiger partial charge in [0.25, 0.3) is 5.69 Å². The SMILES string of the molecule is Cc1ccc(-c2nc(NC(=O)Cc3ccc4nc(NC(=O)OC(C)(C)C)sc4c3)sc2-c2cccc([N+](=O)[O-])c2)cc1.